The van der Waals surface area contributed by atoms with E-state index >= 15 is 0 Å². The fraction of sp³-hybridized carbons (Fsp3) is 0.0833. The van der Waals surface area contributed by atoms with Gasteiger partial charge in [-0.2, -0.15) is 0 Å². The van der Waals surface area contributed by atoms with Crippen LogP contribution in [0.4, 0.5) is 5.69 Å². The van der Waals surface area contributed by atoms with Crippen molar-refractivity contribution >= 4 is 43.2 Å². The van der Waals surface area contributed by atoms with Gasteiger partial charge in [0.1, 0.15) is 4.90 Å². The number of pyridine rings is 1. The minimum absolute atomic E-state index is 0.0959. The number of nitrogens with one attached hydrogen (secondary N) is 1. The van der Waals surface area contributed by atoms with Crippen molar-refractivity contribution < 1.29 is 8.42 Å². The highest BCUT2D eigenvalue weighted by molar-refractivity contribution is 9.10. The van der Waals surface area contributed by atoms with Crippen molar-refractivity contribution in [2.24, 2.45) is 0 Å². The van der Waals surface area contributed by atoms with Gasteiger partial charge in [0.15, 0.2) is 0 Å². The Hall–Kier alpha value is -1.11. The first-order chi connectivity index (χ1) is 8.90. The lowest BCUT2D eigenvalue weighted by molar-refractivity contribution is 0.601. The Balaban J connectivity index is 2.39. The summed E-state index contributed by atoms with van der Waals surface area (Å²) in [6, 6.07) is 6.35. The molecule has 0 unspecified atom stereocenters. The normalized spacial score (nSPS) is 11.3. The van der Waals surface area contributed by atoms with Crippen molar-refractivity contribution in [2.75, 3.05) is 4.72 Å². The van der Waals surface area contributed by atoms with Crippen molar-refractivity contribution in [3.05, 3.63) is 51.7 Å². The molecule has 0 atom stereocenters. The molecule has 0 saturated carbocycles. The molecule has 0 spiro atoms. The Bertz CT molecular complexity index is 705. The molecule has 0 bridgehead atoms. The molecule has 100 valence electrons. The Morgan fingerprint density at radius 3 is 2.74 bits per heavy atom. The summed E-state index contributed by atoms with van der Waals surface area (Å²) in [6.07, 6.45) is 2.80. The molecule has 2 aromatic rings. The van der Waals surface area contributed by atoms with Gasteiger partial charge in [-0.05, 0) is 52.7 Å². The topological polar surface area (TPSA) is 59.1 Å². The molecular formula is C12H10BrClN2O2S. The largest absolute Gasteiger partial charge is 0.278 e. The van der Waals surface area contributed by atoms with Gasteiger partial charge in [-0.25, -0.2) is 8.42 Å². The summed E-state index contributed by atoms with van der Waals surface area (Å²) >= 11 is 9.30. The fourth-order valence-corrected chi connectivity index (χ4v) is 3.32. The average Bonchev–Trinajstić information content (AvgIpc) is 2.37. The maximum atomic E-state index is 12.1. The van der Waals surface area contributed by atoms with Crippen LogP contribution in [-0.4, -0.2) is 13.4 Å². The van der Waals surface area contributed by atoms with Crippen molar-refractivity contribution in [1.29, 1.82) is 0 Å². The van der Waals surface area contributed by atoms with Gasteiger partial charge in [0.05, 0.1) is 5.69 Å². The lowest BCUT2D eigenvalue weighted by Gasteiger charge is -2.11. The number of halogens is 2. The molecule has 0 fully saturated rings. The molecule has 0 aliphatic rings. The molecule has 0 aliphatic carbocycles. The van der Waals surface area contributed by atoms with E-state index < -0.39 is 10.0 Å². The number of rotatable bonds is 3. The molecule has 1 N–H and O–H groups in total. The van der Waals surface area contributed by atoms with Crippen LogP contribution in [0.25, 0.3) is 0 Å². The van der Waals surface area contributed by atoms with Crippen molar-refractivity contribution in [1.82, 2.24) is 4.98 Å². The van der Waals surface area contributed by atoms with Crippen molar-refractivity contribution in [2.45, 2.75) is 11.8 Å². The van der Waals surface area contributed by atoms with Gasteiger partial charge in [0.25, 0.3) is 10.0 Å². The number of aryl methyl sites for hydroxylation is 1. The zero-order chi connectivity index (χ0) is 14.0. The molecule has 1 heterocycles. The second-order valence-corrected chi connectivity index (χ2v) is 6.82. The van der Waals surface area contributed by atoms with Gasteiger partial charge < -0.3 is 0 Å². The van der Waals surface area contributed by atoms with E-state index in [0.29, 0.717) is 15.2 Å². The van der Waals surface area contributed by atoms with E-state index in [0.717, 1.165) is 5.56 Å². The van der Waals surface area contributed by atoms with Gasteiger partial charge in [0, 0.05) is 21.9 Å². The van der Waals surface area contributed by atoms with E-state index in [1.54, 1.807) is 18.2 Å². The number of aromatic nitrogens is 1. The van der Waals surface area contributed by atoms with Crippen molar-refractivity contribution in [3.8, 4) is 0 Å². The van der Waals surface area contributed by atoms with Crippen LogP contribution >= 0.6 is 27.5 Å². The van der Waals surface area contributed by atoms with Crippen LogP contribution in [-0.2, 0) is 10.0 Å². The number of nitrogens with zero attached hydrogens (tertiary/aromatic N) is 1. The number of hydrogen-bond donors (Lipinski definition) is 1. The maximum Gasteiger partial charge on any atom is 0.263 e. The van der Waals surface area contributed by atoms with Crippen LogP contribution < -0.4 is 4.72 Å². The number of sulfonamides is 1. The maximum absolute atomic E-state index is 12.1. The number of anilines is 1. The number of hydrogen-bond acceptors (Lipinski definition) is 3. The van der Waals surface area contributed by atoms with Crippen LogP contribution in [0.1, 0.15) is 5.56 Å². The van der Waals surface area contributed by atoms with Crippen LogP contribution in [0.3, 0.4) is 0 Å². The summed E-state index contributed by atoms with van der Waals surface area (Å²) in [5.74, 6) is 0. The third kappa shape index (κ3) is 3.26. The monoisotopic (exact) mass is 360 g/mol. The van der Waals surface area contributed by atoms with E-state index in [9.17, 15) is 8.42 Å². The molecule has 0 saturated heterocycles. The molecule has 0 amide bonds. The smallest absolute Gasteiger partial charge is 0.263 e. The zero-order valence-electron chi connectivity index (χ0n) is 9.89. The highest BCUT2D eigenvalue weighted by Gasteiger charge is 2.16. The van der Waals surface area contributed by atoms with Gasteiger partial charge in [-0.3, -0.25) is 9.71 Å². The van der Waals surface area contributed by atoms with E-state index in [4.69, 9.17) is 11.6 Å². The third-order valence-electron chi connectivity index (χ3n) is 2.44. The average molecular weight is 362 g/mol. The van der Waals surface area contributed by atoms with Crippen LogP contribution in [0.2, 0.25) is 5.02 Å². The first kappa shape index (κ1) is 14.3. The lowest BCUT2D eigenvalue weighted by Crippen LogP contribution is -2.13. The fourth-order valence-electron chi connectivity index (χ4n) is 1.43. The SMILES string of the molecule is Cc1cc(Br)c(NS(=O)(=O)c2cccnc2)cc1Cl. The lowest BCUT2D eigenvalue weighted by atomic mass is 10.2. The second-order valence-electron chi connectivity index (χ2n) is 3.88. The van der Waals surface area contributed by atoms with E-state index in [2.05, 4.69) is 25.6 Å². The third-order valence-corrected chi connectivity index (χ3v) is 4.85. The standard InChI is InChI=1S/C12H10BrClN2O2S/c1-8-5-10(13)12(6-11(8)14)16-19(17,18)9-3-2-4-15-7-9/h2-7,16H,1H3. The molecular weight excluding hydrogens is 352 g/mol. The molecule has 19 heavy (non-hydrogen) atoms. The highest BCUT2D eigenvalue weighted by Crippen LogP contribution is 2.30. The van der Waals surface area contributed by atoms with Crippen molar-refractivity contribution in [3.63, 3.8) is 0 Å². The summed E-state index contributed by atoms with van der Waals surface area (Å²) in [6.45, 7) is 1.84. The Morgan fingerprint density at radius 2 is 2.11 bits per heavy atom. The van der Waals surface area contributed by atoms with E-state index in [1.807, 2.05) is 6.92 Å². The summed E-state index contributed by atoms with van der Waals surface area (Å²) in [7, 11) is -3.67. The summed E-state index contributed by atoms with van der Waals surface area (Å²) in [4.78, 5) is 3.89. The van der Waals surface area contributed by atoms with Gasteiger partial charge in [-0.1, -0.05) is 11.6 Å². The molecule has 2 rings (SSSR count). The Morgan fingerprint density at radius 1 is 1.37 bits per heavy atom. The van der Waals surface area contributed by atoms with Crippen LogP contribution in [0.15, 0.2) is 46.0 Å². The Labute approximate surface area is 125 Å². The summed E-state index contributed by atoms with van der Waals surface area (Å²) in [5, 5.41) is 0.493. The first-order valence-corrected chi connectivity index (χ1v) is 7.94. The predicted octanol–water partition coefficient (Wildman–Crippen LogP) is 3.61. The molecule has 0 aliphatic heterocycles. The van der Waals surface area contributed by atoms with E-state index in [1.165, 1.54) is 18.5 Å². The highest BCUT2D eigenvalue weighted by atomic mass is 79.9. The molecule has 1 aromatic heterocycles. The van der Waals surface area contributed by atoms with Crippen LogP contribution in [0.5, 0.6) is 0 Å². The summed E-state index contributed by atoms with van der Waals surface area (Å²) < 4.78 is 27.4. The molecule has 4 nitrogen and oxygen atoms in total. The Kier molecular flexibility index (Phi) is 4.13. The molecule has 1 aromatic carbocycles. The van der Waals surface area contributed by atoms with Gasteiger partial charge >= 0.3 is 0 Å². The quantitative estimate of drug-likeness (QED) is 0.908. The van der Waals surface area contributed by atoms with Gasteiger partial charge in [0.2, 0.25) is 0 Å². The summed E-state index contributed by atoms with van der Waals surface area (Å²) in [5.41, 5.74) is 1.25. The van der Waals surface area contributed by atoms with Crippen LogP contribution in [0, 0.1) is 6.92 Å². The second kappa shape index (κ2) is 5.48. The minimum Gasteiger partial charge on any atom is -0.278 e. The first-order valence-electron chi connectivity index (χ1n) is 5.28. The minimum atomic E-state index is -3.67. The molecule has 7 heteroatoms. The van der Waals surface area contributed by atoms with Gasteiger partial charge in [-0.15, -0.1) is 0 Å². The zero-order valence-corrected chi connectivity index (χ0v) is 13.1. The predicted molar refractivity (Wildman–Crippen MR) is 78.9 cm³/mol. The number of benzene rings is 1. The van der Waals surface area contributed by atoms with E-state index in [-0.39, 0.29) is 4.90 Å². The molecule has 0 radical (unpaired) electrons.